The number of nitriles is 1. The highest BCUT2D eigenvalue weighted by atomic mass is 32.2. The number of hydrogen-bond donors (Lipinski definition) is 0. The number of rotatable bonds is 8. The van der Waals surface area contributed by atoms with Crippen LogP contribution in [-0.4, -0.2) is 45.2 Å². The van der Waals surface area contributed by atoms with Gasteiger partial charge in [-0.25, -0.2) is 17.2 Å². The zero-order chi connectivity index (χ0) is 20.9. The molecule has 29 heavy (non-hydrogen) atoms. The number of nitrogens with zero attached hydrogens (tertiary/aromatic N) is 2. The smallest absolute Gasteiger partial charge is 0.272 e. The first-order valence-corrected chi connectivity index (χ1v) is 11.0. The summed E-state index contributed by atoms with van der Waals surface area (Å²) < 4.78 is 54.7. The number of likely N-dealkylation sites (tertiary alicyclic amines) is 1. The van der Waals surface area contributed by atoms with E-state index in [0.717, 1.165) is 18.5 Å². The highest BCUT2D eigenvalue weighted by Gasteiger charge is 2.28. The summed E-state index contributed by atoms with van der Waals surface area (Å²) in [4.78, 5) is 2.37. The molecule has 2 aromatic rings. The predicted octanol–water partition coefficient (Wildman–Crippen LogP) is 3.50. The van der Waals surface area contributed by atoms with E-state index in [1.165, 1.54) is 12.1 Å². The Morgan fingerprint density at radius 1 is 1.21 bits per heavy atom. The molecule has 0 saturated carbocycles. The standard InChI is InChI=1S/C21H22F2N2O3S/c22-21(23)14-28-19-6-4-16(5-7-19)12-25-9-8-18(13-25)15-29(26,27)20-3-1-2-17(10-20)11-24/h1-7,10,18,21H,8-9,12-15H2/t18-/m1/s1. The third-order valence-electron chi connectivity index (χ3n) is 4.85. The van der Waals surface area contributed by atoms with Crippen molar-refractivity contribution in [3.63, 3.8) is 0 Å². The minimum absolute atomic E-state index is 0.0272. The number of alkyl halides is 2. The van der Waals surface area contributed by atoms with E-state index in [1.54, 1.807) is 24.3 Å². The second kappa shape index (κ2) is 9.33. The third kappa shape index (κ3) is 5.99. The number of ether oxygens (including phenoxy) is 1. The molecule has 0 spiro atoms. The van der Waals surface area contributed by atoms with Crippen LogP contribution < -0.4 is 4.74 Å². The molecule has 5 nitrogen and oxygen atoms in total. The van der Waals surface area contributed by atoms with Gasteiger partial charge in [0.25, 0.3) is 6.43 Å². The molecule has 2 aromatic carbocycles. The first kappa shape index (κ1) is 21.2. The minimum Gasteiger partial charge on any atom is -0.488 e. The predicted molar refractivity (Wildman–Crippen MR) is 105 cm³/mol. The van der Waals surface area contributed by atoms with Gasteiger partial charge >= 0.3 is 0 Å². The van der Waals surface area contributed by atoms with Gasteiger partial charge in [0, 0.05) is 13.1 Å². The van der Waals surface area contributed by atoms with Gasteiger partial charge in [0.05, 0.1) is 22.3 Å². The van der Waals surface area contributed by atoms with Gasteiger partial charge in [-0.2, -0.15) is 5.26 Å². The zero-order valence-corrected chi connectivity index (χ0v) is 16.6. The van der Waals surface area contributed by atoms with Crippen LogP contribution in [0.3, 0.4) is 0 Å². The number of hydrogen-bond acceptors (Lipinski definition) is 5. The first-order chi connectivity index (χ1) is 13.9. The Hall–Kier alpha value is -2.50. The van der Waals surface area contributed by atoms with Crippen LogP contribution in [0.2, 0.25) is 0 Å². The minimum atomic E-state index is -3.45. The summed E-state index contributed by atoms with van der Waals surface area (Å²) in [5.74, 6) is 0.483. The highest BCUT2D eigenvalue weighted by Crippen LogP contribution is 2.24. The summed E-state index contributed by atoms with van der Waals surface area (Å²) in [6.07, 6.45) is -1.72. The van der Waals surface area contributed by atoms with Gasteiger partial charge < -0.3 is 4.74 Å². The lowest BCUT2D eigenvalue weighted by molar-refractivity contribution is 0.0819. The van der Waals surface area contributed by atoms with Crippen LogP contribution in [0.25, 0.3) is 0 Å². The summed E-state index contributed by atoms with van der Waals surface area (Å²) in [5, 5.41) is 8.97. The van der Waals surface area contributed by atoms with Crippen LogP contribution in [0.15, 0.2) is 53.4 Å². The van der Waals surface area contributed by atoms with E-state index in [4.69, 9.17) is 10.00 Å². The van der Waals surface area contributed by atoms with Crippen molar-refractivity contribution in [3.05, 3.63) is 59.7 Å². The molecule has 0 radical (unpaired) electrons. The van der Waals surface area contributed by atoms with E-state index in [2.05, 4.69) is 4.90 Å². The summed E-state index contributed by atoms with van der Waals surface area (Å²) in [5.41, 5.74) is 1.35. The molecule has 1 heterocycles. The Kier molecular flexibility index (Phi) is 6.83. The first-order valence-electron chi connectivity index (χ1n) is 9.31. The van der Waals surface area contributed by atoms with Crippen molar-refractivity contribution < 1.29 is 21.9 Å². The molecule has 0 N–H and O–H groups in total. The van der Waals surface area contributed by atoms with Crippen molar-refractivity contribution in [2.24, 2.45) is 5.92 Å². The quantitative estimate of drug-likeness (QED) is 0.654. The van der Waals surface area contributed by atoms with Crippen LogP contribution in [0, 0.1) is 17.2 Å². The van der Waals surface area contributed by atoms with E-state index in [9.17, 15) is 17.2 Å². The van der Waals surface area contributed by atoms with Crippen molar-refractivity contribution in [1.29, 1.82) is 5.26 Å². The van der Waals surface area contributed by atoms with Crippen molar-refractivity contribution in [2.75, 3.05) is 25.4 Å². The van der Waals surface area contributed by atoms with Gasteiger partial charge in [-0.05, 0) is 54.8 Å². The Balaban J connectivity index is 1.54. The summed E-state index contributed by atoms with van der Waals surface area (Å²) in [6.45, 7) is 1.50. The van der Waals surface area contributed by atoms with Crippen molar-refractivity contribution in [2.45, 2.75) is 24.3 Å². The fourth-order valence-electron chi connectivity index (χ4n) is 3.47. The normalized spacial score (nSPS) is 17.4. The molecule has 0 aliphatic carbocycles. The van der Waals surface area contributed by atoms with Gasteiger partial charge in [-0.3, -0.25) is 4.90 Å². The lowest BCUT2D eigenvalue weighted by Crippen LogP contribution is -2.23. The SMILES string of the molecule is N#Cc1cccc(S(=O)(=O)C[C@@H]2CCN(Cc3ccc(OCC(F)F)cc3)C2)c1. The maximum absolute atomic E-state index is 12.7. The lowest BCUT2D eigenvalue weighted by atomic mass is 10.1. The third-order valence-corrected chi connectivity index (χ3v) is 6.74. The van der Waals surface area contributed by atoms with Crippen molar-refractivity contribution in [3.8, 4) is 11.8 Å². The zero-order valence-electron chi connectivity index (χ0n) is 15.8. The molecular formula is C21H22F2N2O3S. The molecule has 0 aromatic heterocycles. The maximum atomic E-state index is 12.7. The average Bonchev–Trinajstić information content (AvgIpc) is 3.13. The van der Waals surface area contributed by atoms with Crippen LogP contribution in [0.1, 0.15) is 17.5 Å². The summed E-state index contributed by atoms with van der Waals surface area (Å²) >= 11 is 0. The highest BCUT2D eigenvalue weighted by molar-refractivity contribution is 7.91. The summed E-state index contributed by atoms with van der Waals surface area (Å²) in [6, 6.07) is 15.1. The molecule has 1 aliphatic rings. The van der Waals surface area contributed by atoms with Gasteiger partial charge in [0.15, 0.2) is 9.84 Å². The molecule has 1 atom stereocenters. The second-order valence-electron chi connectivity index (χ2n) is 7.16. The Morgan fingerprint density at radius 3 is 2.66 bits per heavy atom. The number of halogens is 2. The molecule has 0 unspecified atom stereocenters. The molecule has 3 rings (SSSR count). The maximum Gasteiger partial charge on any atom is 0.272 e. The van der Waals surface area contributed by atoms with Gasteiger partial charge in [0.2, 0.25) is 0 Å². The molecule has 1 aliphatic heterocycles. The Morgan fingerprint density at radius 2 is 1.97 bits per heavy atom. The fourth-order valence-corrected chi connectivity index (χ4v) is 5.14. The van der Waals surface area contributed by atoms with Crippen LogP contribution >= 0.6 is 0 Å². The van der Waals surface area contributed by atoms with Crippen LogP contribution in [0.5, 0.6) is 5.75 Å². The Bertz CT molecular complexity index is 972. The van der Waals surface area contributed by atoms with E-state index in [-0.39, 0.29) is 16.6 Å². The Labute approximate surface area is 169 Å². The molecular weight excluding hydrogens is 398 g/mol. The van der Waals surface area contributed by atoms with E-state index in [1.807, 2.05) is 18.2 Å². The van der Waals surface area contributed by atoms with Crippen molar-refractivity contribution >= 4 is 9.84 Å². The molecule has 154 valence electrons. The molecule has 0 bridgehead atoms. The average molecular weight is 420 g/mol. The molecule has 0 amide bonds. The summed E-state index contributed by atoms with van der Waals surface area (Å²) in [7, 11) is -3.45. The van der Waals surface area contributed by atoms with Gasteiger partial charge in [0.1, 0.15) is 12.4 Å². The number of benzene rings is 2. The molecule has 8 heteroatoms. The van der Waals surface area contributed by atoms with Gasteiger partial charge in [-0.1, -0.05) is 18.2 Å². The number of sulfone groups is 1. The van der Waals surface area contributed by atoms with Crippen LogP contribution in [0.4, 0.5) is 8.78 Å². The van der Waals surface area contributed by atoms with E-state index >= 15 is 0 Å². The molecule has 1 fully saturated rings. The monoisotopic (exact) mass is 420 g/mol. The second-order valence-corrected chi connectivity index (χ2v) is 9.19. The van der Waals surface area contributed by atoms with Gasteiger partial charge in [-0.15, -0.1) is 0 Å². The van der Waals surface area contributed by atoms with E-state index in [0.29, 0.717) is 24.4 Å². The van der Waals surface area contributed by atoms with Crippen molar-refractivity contribution in [1.82, 2.24) is 4.90 Å². The van der Waals surface area contributed by atoms with E-state index < -0.39 is 22.9 Å². The fraction of sp³-hybridized carbons (Fsp3) is 0.381. The lowest BCUT2D eigenvalue weighted by Gasteiger charge is -2.16. The topological polar surface area (TPSA) is 70.4 Å². The molecule has 1 saturated heterocycles. The van der Waals surface area contributed by atoms with Crippen LogP contribution in [-0.2, 0) is 16.4 Å². The largest absolute Gasteiger partial charge is 0.488 e.